The molecule has 0 bridgehead atoms. The van der Waals surface area contributed by atoms with Gasteiger partial charge in [0, 0.05) is 11.8 Å². The second-order valence-electron chi connectivity index (χ2n) is 8.07. The van der Waals surface area contributed by atoms with Gasteiger partial charge in [0.25, 0.3) is 11.1 Å². The number of thioether (sulfide) groups is 1. The molecule has 0 saturated carbocycles. The highest BCUT2D eigenvalue weighted by molar-refractivity contribution is 8.18. The Labute approximate surface area is 221 Å². The Morgan fingerprint density at radius 2 is 1.68 bits per heavy atom. The number of benzene rings is 3. The molecule has 5 rings (SSSR count). The van der Waals surface area contributed by atoms with Crippen LogP contribution in [0.2, 0.25) is 0 Å². The molecule has 0 aliphatic carbocycles. The predicted molar refractivity (Wildman–Crippen MR) is 138 cm³/mol. The number of carbonyl (C=O) groups is 4. The zero-order valence-electron chi connectivity index (χ0n) is 20.0. The van der Waals surface area contributed by atoms with E-state index >= 15 is 0 Å². The maximum atomic E-state index is 12.8. The number of carbonyl (C=O) groups excluding carboxylic acids is 4. The second kappa shape index (κ2) is 10.7. The number of amides is 3. The highest BCUT2D eigenvalue weighted by Crippen LogP contribution is 2.35. The number of anilines is 1. The van der Waals surface area contributed by atoms with Crippen LogP contribution in [-0.2, 0) is 9.59 Å². The topological polar surface area (TPSA) is 120 Å². The molecule has 0 spiro atoms. The van der Waals surface area contributed by atoms with Gasteiger partial charge < -0.3 is 24.3 Å². The van der Waals surface area contributed by atoms with Crippen LogP contribution in [0.5, 0.6) is 23.0 Å². The van der Waals surface area contributed by atoms with E-state index in [-0.39, 0.29) is 11.7 Å². The number of nitrogens with zero attached hydrogens (tertiary/aromatic N) is 1. The molecule has 0 radical (unpaired) electrons. The lowest BCUT2D eigenvalue weighted by Crippen LogP contribution is -2.36. The van der Waals surface area contributed by atoms with Crippen molar-refractivity contribution < 1.29 is 38.1 Å². The van der Waals surface area contributed by atoms with E-state index in [1.807, 2.05) is 0 Å². The van der Waals surface area contributed by atoms with E-state index in [1.165, 1.54) is 13.2 Å². The molecule has 0 unspecified atom stereocenters. The molecule has 0 atom stereocenters. The average molecular weight is 533 g/mol. The van der Waals surface area contributed by atoms with Crippen molar-refractivity contribution in [2.75, 3.05) is 25.8 Å². The van der Waals surface area contributed by atoms with Crippen LogP contribution in [0.25, 0.3) is 6.08 Å². The summed E-state index contributed by atoms with van der Waals surface area (Å²) in [5.41, 5.74) is 1.44. The Balaban J connectivity index is 1.19. The number of ether oxygens (including phenoxy) is 4. The van der Waals surface area contributed by atoms with Crippen molar-refractivity contribution in [2.24, 2.45) is 0 Å². The van der Waals surface area contributed by atoms with Gasteiger partial charge in [0.05, 0.1) is 17.6 Å². The van der Waals surface area contributed by atoms with Gasteiger partial charge in [-0.25, -0.2) is 4.79 Å². The first-order valence-electron chi connectivity index (χ1n) is 11.3. The molecule has 1 N–H and O–H groups in total. The van der Waals surface area contributed by atoms with E-state index in [4.69, 9.17) is 18.9 Å². The molecule has 38 heavy (non-hydrogen) atoms. The van der Waals surface area contributed by atoms with Crippen molar-refractivity contribution in [3.05, 3.63) is 82.8 Å². The first-order chi connectivity index (χ1) is 18.4. The van der Waals surface area contributed by atoms with Gasteiger partial charge in [-0.2, -0.15) is 0 Å². The third-order valence-corrected chi connectivity index (χ3v) is 6.45. The van der Waals surface area contributed by atoms with Crippen LogP contribution in [0.4, 0.5) is 10.5 Å². The van der Waals surface area contributed by atoms with Gasteiger partial charge in [-0.05, 0) is 71.9 Å². The van der Waals surface area contributed by atoms with Crippen molar-refractivity contribution in [3.63, 3.8) is 0 Å². The van der Waals surface area contributed by atoms with Gasteiger partial charge in [0.2, 0.25) is 12.7 Å². The van der Waals surface area contributed by atoms with Crippen molar-refractivity contribution in [3.8, 4) is 23.0 Å². The fourth-order valence-electron chi connectivity index (χ4n) is 3.63. The van der Waals surface area contributed by atoms with Crippen LogP contribution in [0.3, 0.4) is 0 Å². The first kappa shape index (κ1) is 24.9. The minimum Gasteiger partial charge on any atom is -0.497 e. The smallest absolute Gasteiger partial charge is 0.343 e. The number of nitrogens with one attached hydrogen (secondary N) is 1. The average Bonchev–Trinajstić information content (AvgIpc) is 3.49. The van der Waals surface area contributed by atoms with E-state index in [9.17, 15) is 19.2 Å². The van der Waals surface area contributed by atoms with Crippen LogP contribution < -0.4 is 24.3 Å². The Bertz CT molecular complexity index is 1450. The Morgan fingerprint density at radius 3 is 2.42 bits per heavy atom. The normalized spacial score (nSPS) is 15.1. The highest BCUT2D eigenvalue weighted by Gasteiger charge is 2.36. The minimum atomic E-state index is -0.573. The van der Waals surface area contributed by atoms with Crippen molar-refractivity contribution in [1.29, 1.82) is 0 Å². The Hall–Kier alpha value is -4.77. The summed E-state index contributed by atoms with van der Waals surface area (Å²) in [7, 11) is 1.54. The maximum absolute atomic E-state index is 12.8. The summed E-state index contributed by atoms with van der Waals surface area (Å²) in [4.78, 5) is 51.1. The van der Waals surface area contributed by atoms with Crippen molar-refractivity contribution >= 4 is 46.5 Å². The summed E-state index contributed by atoms with van der Waals surface area (Å²) in [6.45, 7) is -0.329. The summed E-state index contributed by atoms with van der Waals surface area (Å²) in [5, 5.41) is 2.10. The van der Waals surface area contributed by atoms with Crippen molar-refractivity contribution in [2.45, 2.75) is 0 Å². The number of hydrogen-bond donors (Lipinski definition) is 1. The summed E-state index contributed by atoms with van der Waals surface area (Å²) < 4.78 is 21.0. The molecule has 3 aromatic carbocycles. The number of imide groups is 1. The van der Waals surface area contributed by atoms with Gasteiger partial charge in [0.1, 0.15) is 18.0 Å². The number of methoxy groups -OCH3 is 1. The predicted octanol–water partition coefficient (Wildman–Crippen LogP) is 4.32. The second-order valence-corrected chi connectivity index (χ2v) is 9.06. The fourth-order valence-corrected chi connectivity index (χ4v) is 4.47. The van der Waals surface area contributed by atoms with E-state index in [0.29, 0.717) is 39.8 Å². The SMILES string of the molecule is COc1ccc(C(=O)Oc2ccc(/C=C3/SC(=O)N(CC(=O)Nc4ccc5c(c4)OCO5)C3=O)cc2)cc1. The molecule has 0 aromatic heterocycles. The summed E-state index contributed by atoms with van der Waals surface area (Å²) >= 11 is 0.743. The highest BCUT2D eigenvalue weighted by atomic mass is 32.2. The minimum absolute atomic E-state index is 0.105. The van der Waals surface area contributed by atoms with Crippen LogP contribution in [-0.4, -0.2) is 48.4 Å². The molecule has 192 valence electrons. The number of hydrogen-bond acceptors (Lipinski definition) is 9. The zero-order chi connectivity index (χ0) is 26.6. The van der Waals surface area contributed by atoms with Crippen LogP contribution in [0.1, 0.15) is 15.9 Å². The number of esters is 1. The molecule has 3 amide bonds. The van der Waals surface area contributed by atoms with E-state index in [1.54, 1.807) is 66.7 Å². The molecule has 2 aliphatic heterocycles. The molecule has 3 aromatic rings. The largest absolute Gasteiger partial charge is 0.497 e. The molecule has 1 fully saturated rings. The van der Waals surface area contributed by atoms with E-state index in [0.717, 1.165) is 16.7 Å². The van der Waals surface area contributed by atoms with E-state index in [2.05, 4.69) is 5.32 Å². The summed E-state index contributed by atoms with van der Waals surface area (Å²) in [6, 6.07) is 17.9. The van der Waals surface area contributed by atoms with Crippen LogP contribution in [0, 0.1) is 0 Å². The Morgan fingerprint density at radius 1 is 0.974 bits per heavy atom. The fraction of sp³-hybridized carbons (Fsp3) is 0.111. The summed E-state index contributed by atoms with van der Waals surface area (Å²) in [6.07, 6.45) is 1.54. The van der Waals surface area contributed by atoms with Gasteiger partial charge in [-0.15, -0.1) is 0 Å². The third kappa shape index (κ3) is 5.47. The molecular weight excluding hydrogens is 512 g/mol. The lowest BCUT2D eigenvalue weighted by Gasteiger charge is -2.12. The Kier molecular flexibility index (Phi) is 7.00. The van der Waals surface area contributed by atoms with Gasteiger partial charge in [-0.1, -0.05) is 12.1 Å². The number of rotatable bonds is 7. The third-order valence-electron chi connectivity index (χ3n) is 5.55. The van der Waals surface area contributed by atoms with Gasteiger partial charge in [-0.3, -0.25) is 19.3 Å². The van der Waals surface area contributed by atoms with Gasteiger partial charge in [0.15, 0.2) is 11.5 Å². The lowest BCUT2D eigenvalue weighted by atomic mass is 10.2. The summed E-state index contributed by atoms with van der Waals surface area (Å²) in [5.74, 6) is 0.379. The molecule has 1 saturated heterocycles. The van der Waals surface area contributed by atoms with Gasteiger partial charge >= 0.3 is 5.97 Å². The van der Waals surface area contributed by atoms with Crippen molar-refractivity contribution in [1.82, 2.24) is 4.90 Å². The molecule has 2 aliphatic rings. The first-order valence-corrected chi connectivity index (χ1v) is 12.1. The molecule has 10 nitrogen and oxygen atoms in total. The number of fused-ring (bicyclic) bond motifs is 1. The lowest BCUT2D eigenvalue weighted by molar-refractivity contribution is -0.127. The van der Waals surface area contributed by atoms with E-state index < -0.39 is 29.6 Å². The quantitative estimate of drug-likeness (QED) is 0.269. The molecule has 11 heteroatoms. The zero-order valence-corrected chi connectivity index (χ0v) is 20.8. The molecular formula is C27H20N2O8S. The van der Waals surface area contributed by atoms with Crippen LogP contribution in [0.15, 0.2) is 71.6 Å². The molecule has 2 heterocycles. The maximum Gasteiger partial charge on any atom is 0.343 e. The standard InChI is InChI=1S/C27H20N2O8S/c1-34-19-9-4-17(5-10-19)26(32)37-20-7-2-16(3-8-20)12-23-25(31)29(27(33)38-23)14-24(30)28-18-6-11-21-22(13-18)36-15-35-21/h2-13H,14-15H2,1H3,(H,28,30)/b23-12+. The monoisotopic (exact) mass is 532 g/mol. The van der Waals surface area contributed by atoms with Crippen LogP contribution >= 0.6 is 11.8 Å².